The molecule has 0 saturated heterocycles. The van der Waals surface area contributed by atoms with Crippen LogP contribution in [0.25, 0.3) is 0 Å². The fourth-order valence-electron chi connectivity index (χ4n) is 1.75. The number of nitrogen functional groups attached to an aromatic ring is 1. The van der Waals surface area contributed by atoms with Gasteiger partial charge in [-0.05, 0) is 24.6 Å². The van der Waals surface area contributed by atoms with Crippen LogP contribution in [0.1, 0.15) is 30.1 Å². The zero-order chi connectivity index (χ0) is 16.0. The van der Waals surface area contributed by atoms with Crippen molar-refractivity contribution in [1.82, 2.24) is 4.72 Å². The minimum atomic E-state index is -3.90. The maximum Gasteiger partial charge on any atom is 0.339 e. The summed E-state index contributed by atoms with van der Waals surface area (Å²) < 4.78 is 31.9. The van der Waals surface area contributed by atoms with Crippen molar-refractivity contribution in [3.8, 4) is 12.3 Å². The molecule has 0 aromatic heterocycles. The van der Waals surface area contributed by atoms with Gasteiger partial charge in [0.2, 0.25) is 10.0 Å². The average molecular weight is 310 g/mol. The topological polar surface area (TPSA) is 98.5 Å². The Bertz CT molecular complexity index is 662. The van der Waals surface area contributed by atoms with Crippen molar-refractivity contribution in [3.05, 3.63) is 23.8 Å². The molecule has 0 saturated carbocycles. The van der Waals surface area contributed by atoms with E-state index in [2.05, 4.69) is 15.4 Å². The molecule has 3 N–H and O–H groups in total. The Morgan fingerprint density at radius 3 is 2.71 bits per heavy atom. The predicted octanol–water partition coefficient (Wildman–Crippen LogP) is 1.14. The van der Waals surface area contributed by atoms with Gasteiger partial charge in [0.15, 0.2) is 0 Å². The molecular weight excluding hydrogens is 292 g/mol. The third-order valence-corrected chi connectivity index (χ3v) is 4.46. The zero-order valence-corrected chi connectivity index (χ0v) is 12.7. The van der Waals surface area contributed by atoms with Gasteiger partial charge in [-0.1, -0.05) is 6.92 Å². The summed E-state index contributed by atoms with van der Waals surface area (Å²) in [5.74, 6) is 1.64. The summed E-state index contributed by atoms with van der Waals surface area (Å²) in [4.78, 5) is 11.5. The highest BCUT2D eigenvalue weighted by molar-refractivity contribution is 7.89. The molecule has 1 rings (SSSR count). The Hall–Kier alpha value is -2.04. The van der Waals surface area contributed by atoms with Gasteiger partial charge in [0.25, 0.3) is 0 Å². The van der Waals surface area contributed by atoms with Gasteiger partial charge in [-0.3, -0.25) is 0 Å². The summed E-state index contributed by atoms with van der Waals surface area (Å²) in [5.41, 5.74) is 5.75. The lowest BCUT2D eigenvalue weighted by atomic mass is 10.2. The second-order valence-electron chi connectivity index (χ2n) is 4.38. The first kappa shape index (κ1) is 17.0. The third-order valence-electron chi connectivity index (χ3n) is 2.88. The number of carbonyl (C=O) groups is 1. The van der Waals surface area contributed by atoms with Crippen molar-refractivity contribution in [1.29, 1.82) is 0 Å². The maximum absolute atomic E-state index is 12.4. The van der Waals surface area contributed by atoms with Gasteiger partial charge in [-0.15, -0.1) is 12.3 Å². The molecule has 0 aliphatic heterocycles. The number of methoxy groups -OCH3 is 1. The number of nitrogens with two attached hydrogens (primary N) is 1. The molecule has 0 spiro atoms. The first-order valence-corrected chi connectivity index (χ1v) is 7.77. The van der Waals surface area contributed by atoms with Crippen LogP contribution in [0.2, 0.25) is 0 Å². The third kappa shape index (κ3) is 4.21. The van der Waals surface area contributed by atoms with Crippen LogP contribution in [-0.2, 0) is 14.8 Å². The minimum absolute atomic E-state index is 0.111. The van der Waals surface area contributed by atoms with Gasteiger partial charge < -0.3 is 10.5 Å². The maximum atomic E-state index is 12.4. The lowest BCUT2D eigenvalue weighted by molar-refractivity contribution is 0.0596. The molecule has 1 unspecified atom stereocenters. The number of ether oxygens (including phenoxy) is 1. The van der Waals surface area contributed by atoms with Crippen molar-refractivity contribution in [2.75, 3.05) is 12.8 Å². The van der Waals surface area contributed by atoms with Gasteiger partial charge in [0.05, 0.1) is 17.6 Å². The highest BCUT2D eigenvalue weighted by Crippen LogP contribution is 2.20. The van der Waals surface area contributed by atoms with Crippen LogP contribution in [0.4, 0.5) is 5.69 Å². The second-order valence-corrected chi connectivity index (χ2v) is 6.06. The summed E-state index contributed by atoms with van der Waals surface area (Å²) in [5, 5.41) is 0. The number of rotatable bonds is 6. The molecule has 0 fully saturated rings. The highest BCUT2D eigenvalue weighted by atomic mass is 32.2. The molecule has 0 amide bonds. The average Bonchev–Trinajstić information content (AvgIpc) is 2.45. The lowest BCUT2D eigenvalue weighted by Gasteiger charge is -2.16. The van der Waals surface area contributed by atoms with E-state index in [1.165, 1.54) is 25.3 Å². The summed E-state index contributed by atoms with van der Waals surface area (Å²) in [7, 11) is -2.73. The molecular formula is C14H18N2O4S. The van der Waals surface area contributed by atoms with E-state index >= 15 is 0 Å². The van der Waals surface area contributed by atoms with Crippen LogP contribution in [0.3, 0.4) is 0 Å². The molecule has 1 aromatic carbocycles. The van der Waals surface area contributed by atoms with Crippen LogP contribution in [0.5, 0.6) is 0 Å². The number of carbonyl (C=O) groups excluding carboxylic acids is 1. The number of sulfonamides is 1. The van der Waals surface area contributed by atoms with Crippen LogP contribution in [0, 0.1) is 12.3 Å². The number of terminal acetylenes is 1. The fraction of sp³-hybridized carbons (Fsp3) is 0.357. The molecule has 0 aliphatic carbocycles. The van der Waals surface area contributed by atoms with E-state index in [1.54, 1.807) is 0 Å². The van der Waals surface area contributed by atoms with Crippen molar-refractivity contribution in [2.45, 2.75) is 30.7 Å². The lowest BCUT2D eigenvalue weighted by Crippen LogP contribution is -2.35. The molecule has 114 valence electrons. The number of nitrogens with one attached hydrogen (secondary N) is 1. The smallest absolute Gasteiger partial charge is 0.339 e. The van der Waals surface area contributed by atoms with E-state index in [0.29, 0.717) is 6.42 Å². The van der Waals surface area contributed by atoms with Crippen LogP contribution in [0.15, 0.2) is 23.1 Å². The number of hydrogen-bond acceptors (Lipinski definition) is 5. The quantitative estimate of drug-likeness (QED) is 0.466. The molecule has 0 aliphatic rings. The Balaban J connectivity index is 3.25. The van der Waals surface area contributed by atoms with E-state index < -0.39 is 22.0 Å². The molecule has 1 aromatic rings. The number of esters is 1. The van der Waals surface area contributed by atoms with Crippen LogP contribution in [-0.4, -0.2) is 27.5 Å². The molecule has 0 bridgehead atoms. The van der Waals surface area contributed by atoms with E-state index in [9.17, 15) is 13.2 Å². The van der Waals surface area contributed by atoms with Gasteiger partial charge >= 0.3 is 5.97 Å². The molecule has 1 atom stereocenters. The number of benzene rings is 1. The van der Waals surface area contributed by atoms with E-state index in [0.717, 1.165) is 0 Å². The van der Waals surface area contributed by atoms with Gasteiger partial charge in [0.1, 0.15) is 0 Å². The summed E-state index contributed by atoms with van der Waals surface area (Å²) in [6.07, 6.45) is 6.00. The van der Waals surface area contributed by atoms with Crippen LogP contribution >= 0.6 is 0 Å². The Labute approximate surface area is 124 Å². The number of anilines is 1. The summed E-state index contributed by atoms with van der Waals surface area (Å²) >= 11 is 0. The van der Waals surface area contributed by atoms with Crippen molar-refractivity contribution in [3.63, 3.8) is 0 Å². The highest BCUT2D eigenvalue weighted by Gasteiger charge is 2.25. The SMILES string of the molecule is C#CCC(CC)NS(=O)(=O)c1ccc(N)cc1C(=O)OC. The first-order chi connectivity index (χ1) is 9.85. The van der Waals surface area contributed by atoms with Crippen molar-refractivity contribution >= 4 is 21.7 Å². The standard InChI is InChI=1S/C14H18N2O4S/c1-4-6-11(5-2)16-21(18,19)13-8-7-10(15)9-12(13)14(17)20-3/h1,7-9,11,16H,5-6,15H2,2-3H3. The normalized spacial score (nSPS) is 12.4. The summed E-state index contributed by atoms with van der Waals surface area (Å²) in [6.45, 7) is 1.81. The fourth-order valence-corrected chi connectivity index (χ4v) is 3.24. The van der Waals surface area contributed by atoms with Crippen molar-refractivity contribution in [2.24, 2.45) is 0 Å². The molecule has 0 heterocycles. The van der Waals surface area contributed by atoms with Gasteiger partial charge in [-0.2, -0.15) is 0 Å². The molecule has 21 heavy (non-hydrogen) atoms. The second kappa shape index (κ2) is 7.11. The molecule has 0 radical (unpaired) electrons. The summed E-state index contributed by atoms with van der Waals surface area (Å²) in [6, 6.07) is 3.54. The number of hydrogen-bond donors (Lipinski definition) is 2. The molecule has 6 nitrogen and oxygen atoms in total. The van der Waals surface area contributed by atoms with E-state index in [1.807, 2.05) is 6.92 Å². The van der Waals surface area contributed by atoms with Gasteiger partial charge in [-0.25, -0.2) is 17.9 Å². The Morgan fingerprint density at radius 2 is 2.19 bits per heavy atom. The predicted molar refractivity (Wildman–Crippen MR) is 80.0 cm³/mol. The zero-order valence-electron chi connectivity index (χ0n) is 11.9. The Morgan fingerprint density at radius 1 is 1.52 bits per heavy atom. The van der Waals surface area contributed by atoms with E-state index in [4.69, 9.17) is 12.2 Å². The Kier molecular flexibility index (Phi) is 5.76. The first-order valence-electron chi connectivity index (χ1n) is 6.29. The molecule has 7 heteroatoms. The van der Waals surface area contributed by atoms with Crippen molar-refractivity contribution < 1.29 is 17.9 Å². The largest absolute Gasteiger partial charge is 0.465 e. The minimum Gasteiger partial charge on any atom is -0.465 e. The van der Waals surface area contributed by atoms with Crippen LogP contribution < -0.4 is 10.5 Å². The van der Waals surface area contributed by atoms with Gasteiger partial charge in [0, 0.05) is 18.2 Å². The van der Waals surface area contributed by atoms with E-state index in [-0.39, 0.29) is 22.6 Å². The monoisotopic (exact) mass is 310 g/mol.